The minimum absolute atomic E-state index is 0.170. The van der Waals surface area contributed by atoms with Crippen LogP contribution in [0.4, 0.5) is 4.39 Å². The zero-order chi connectivity index (χ0) is 14.1. The fourth-order valence-corrected chi connectivity index (χ4v) is 1.98. The molecule has 0 bridgehead atoms. The van der Waals surface area contributed by atoms with Gasteiger partial charge < -0.3 is 10.1 Å². The number of nitrogens with one attached hydrogen (secondary N) is 1. The van der Waals surface area contributed by atoms with E-state index in [-0.39, 0.29) is 16.9 Å². The first-order valence-corrected chi connectivity index (χ1v) is 7.30. The van der Waals surface area contributed by atoms with E-state index in [1.165, 1.54) is 6.07 Å². The van der Waals surface area contributed by atoms with Gasteiger partial charge in [0.2, 0.25) is 0 Å². The molecule has 0 amide bonds. The second kappa shape index (κ2) is 9.29. The van der Waals surface area contributed by atoms with Crippen LogP contribution in [0.5, 0.6) is 0 Å². The fourth-order valence-electron chi connectivity index (χ4n) is 1.86. The van der Waals surface area contributed by atoms with Crippen molar-refractivity contribution in [2.75, 3.05) is 19.8 Å². The molecule has 0 radical (unpaired) electrons. The van der Waals surface area contributed by atoms with Crippen molar-refractivity contribution in [2.24, 2.45) is 0 Å². The molecular weight excluding hydrogens is 265 g/mol. The summed E-state index contributed by atoms with van der Waals surface area (Å²) in [6.45, 7) is 6.57. The first-order valence-electron chi connectivity index (χ1n) is 6.92. The Morgan fingerprint density at radius 1 is 1.32 bits per heavy atom. The summed E-state index contributed by atoms with van der Waals surface area (Å²) >= 11 is 5.69. The van der Waals surface area contributed by atoms with Crippen molar-refractivity contribution in [2.45, 2.75) is 39.2 Å². The second-order valence-electron chi connectivity index (χ2n) is 4.68. The van der Waals surface area contributed by atoms with E-state index in [9.17, 15) is 4.39 Å². The molecule has 1 aromatic carbocycles. The van der Waals surface area contributed by atoms with Gasteiger partial charge in [0.1, 0.15) is 5.82 Å². The monoisotopic (exact) mass is 287 g/mol. The smallest absolute Gasteiger partial charge is 0.142 e. The summed E-state index contributed by atoms with van der Waals surface area (Å²) < 4.78 is 19.0. The highest BCUT2D eigenvalue weighted by Gasteiger charge is 2.10. The van der Waals surface area contributed by atoms with E-state index in [1.54, 1.807) is 6.07 Å². The summed E-state index contributed by atoms with van der Waals surface area (Å²) in [6, 6.07) is 5.19. The minimum atomic E-state index is -0.358. The Balaban J connectivity index is 2.56. The predicted octanol–water partition coefficient (Wildman–Crippen LogP) is 3.82. The Hall–Kier alpha value is -0.640. The Morgan fingerprint density at radius 2 is 2.11 bits per heavy atom. The minimum Gasteiger partial charge on any atom is -0.380 e. The summed E-state index contributed by atoms with van der Waals surface area (Å²) in [7, 11) is 0. The maximum absolute atomic E-state index is 13.4. The number of halogens is 2. The molecule has 0 aliphatic rings. The van der Waals surface area contributed by atoms with Crippen LogP contribution in [-0.4, -0.2) is 25.8 Å². The average Bonchev–Trinajstić information content (AvgIpc) is 2.40. The molecule has 2 nitrogen and oxygen atoms in total. The van der Waals surface area contributed by atoms with Crippen molar-refractivity contribution >= 4 is 11.6 Å². The highest BCUT2D eigenvalue weighted by atomic mass is 35.5. The lowest BCUT2D eigenvalue weighted by atomic mass is 10.1. The molecule has 0 aliphatic heterocycles. The van der Waals surface area contributed by atoms with E-state index in [4.69, 9.17) is 16.3 Å². The Kier molecular flexibility index (Phi) is 8.03. The summed E-state index contributed by atoms with van der Waals surface area (Å²) in [4.78, 5) is 0. The first-order chi connectivity index (χ1) is 9.17. The Morgan fingerprint density at radius 3 is 2.74 bits per heavy atom. The highest BCUT2D eigenvalue weighted by Crippen LogP contribution is 2.16. The van der Waals surface area contributed by atoms with E-state index in [0.717, 1.165) is 38.0 Å². The molecule has 0 heterocycles. The van der Waals surface area contributed by atoms with Crippen molar-refractivity contribution in [3.63, 3.8) is 0 Å². The molecule has 0 aliphatic carbocycles. The molecule has 0 fully saturated rings. The van der Waals surface area contributed by atoms with Gasteiger partial charge in [-0.3, -0.25) is 0 Å². The number of rotatable bonds is 9. The van der Waals surface area contributed by atoms with Crippen LogP contribution in [0.25, 0.3) is 0 Å². The molecule has 108 valence electrons. The van der Waals surface area contributed by atoms with Gasteiger partial charge in [0.05, 0.1) is 11.6 Å². The lowest BCUT2D eigenvalue weighted by molar-refractivity contribution is 0.111. The summed E-state index contributed by atoms with van der Waals surface area (Å²) in [5.41, 5.74) is 0.940. The summed E-state index contributed by atoms with van der Waals surface area (Å²) in [5, 5.41) is 3.60. The van der Waals surface area contributed by atoms with Gasteiger partial charge in [-0.2, -0.15) is 0 Å². The van der Waals surface area contributed by atoms with Gasteiger partial charge in [0.15, 0.2) is 0 Å². The van der Waals surface area contributed by atoms with Gasteiger partial charge >= 0.3 is 0 Å². The van der Waals surface area contributed by atoms with Crippen LogP contribution < -0.4 is 5.32 Å². The average molecular weight is 288 g/mol. The van der Waals surface area contributed by atoms with Crippen molar-refractivity contribution in [3.8, 4) is 0 Å². The van der Waals surface area contributed by atoms with Crippen molar-refractivity contribution in [1.82, 2.24) is 5.32 Å². The van der Waals surface area contributed by atoms with Crippen LogP contribution in [0.1, 0.15) is 32.3 Å². The van der Waals surface area contributed by atoms with Crippen LogP contribution in [0, 0.1) is 5.82 Å². The third-order valence-electron chi connectivity index (χ3n) is 2.82. The van der Waals surface area contributed by atoms with Crippen molar-refractivity contribution < 1.29 is 9.13 Å². The third-order valence-corrected chi connectivity index (χ3v) is 3.12. The van der Waals surface area contributed by atoms with Crippen molar-refractivity contribution in [1.29, 1.82) is 0 Å². The molecule has 1 N–H and O–H groups in total. The van der Waals surface area contributed by atoms with Gasteiger partial charge in [0, 0.05) is 12.6 Å². The first kappa shape index (κ1) is 16.4. The zero-order valence-corrected chi connectivity index (χ0v) is 12.5. The highest BCUT2D eigenvalue weighted by molar-refractivity contribution is 6.30. The van der Waals surface area contributed by atoms with Crippen LogP contribution >= 0.6 is 11.6 Å². The van der Waals surface area contributed by atoms with E-state index < -0.39 is 0 Å². The SMILES string of the molecule is CCCNC(COCCC)Cc1ccc(Cl)c(F)c1. The van der Waals surface area contributed by atoms with Crippen LogP contribution in [0.2, 0.25) is 5.02 Å². The molecular formula is C15H23ClFNO. The zero-order valence-electron chi connectivity index (χ0n) is 11.7. The van der Waals surface area contributed by atoms with Gasteiger partial charge in [-0.25, -0.2) is 4.39 Å². The summed E-state index contributed by atoms with van der Waals surface area (Å²) in [5.74, 6) is -0.358. The molecule has 0 spiro atoms. The summed E-state index contributed by atoms with van der Waals surface area (Å²) in [6.07, 6.45) is 2.83. The van der Waals surface area contributed by atoms with E-state index >= 15 is 0 Å². The van der Waals surface area contributed by atoms with E-state index in [0.29, 0.717) is 6.61 Å². The topological polar surface area (TPSA) is 21.3 Å². The quantitative estimate of drug-likeness (QED) is 0.697. The lowest BCUT2D eigenvalue weighted by Crippen LogP contribution is -2.36. The van der Waals surface area contributed by atoms with Crippen molar-refractivity contribution in [3.05, 3.63) is 34.6 Å². The second-order valence-corrected chi connectivity index (χ2v) is 5.09. The lowest BCUT2D eigenvalue weighted by Gasteiger charge is -2.18. The molecule has 0 saturated carbocycles. The van der Waals surface area contributed by atoms with Gasteiger partial charge in [0.25, 0.3) is 0 Å². The van der Waals surface area contributed by atoms with Gasteiger partial charge in [-0.15, -0.1) is 0 Å². The molecule has 1 unspecified atom stereocenters. The van der Waals surface area contributed by atoms with Crippen LogP contribution in [0.15, 0.2) is 18.2 Å². The number of hydrogen-bond donors (Lipinski definition) is 1. The number of benzene rings is 1. The fraction of sp³-hybridized carbons (Fsp3) is 0.600. The molecule has 1 atom stereocenters. The number of hydrogen-bond acceptors (Lipinski definition) is 2. The Bertz CT molecular complexity index is 373. The van der Waals surface area contributed by atoms with Crippen LogP contribution in [0.3, 0.4) is 0 Å². The number of ether oxygens (including phenoxy) is 1. The molecule has 0 aromatic heterocycles. The maximum Gasteiger partial charge on any atom is 0.142 e. The van der Waals surface area contributed by atoms with Gasteiger partial charge in [-0.05, 0) is 43.5 Å². The van der Waals surface area contributed by atoms with Gasteiger partial charge in [-0.1, -0.05) is 31.5 Å². The predicted molar refractivity (Wildman–Crippen MR) is 78.3 cm³/mol. The molecule has 1 rings (SSSR count). The molecule has 1 aromatic rings. The van der Waals surface area contributed by atoms with E-state index in [1.807, 2.05) is 6.07 Å². The molecule has 0 saturated heterocycles. The van der Waals surface area contributed by atoms with E-state index in [2.05, 4.69) is 19.2 Å². The van der Waals surface area contributed by atoms with Crippen LogP contribution in [-0.2, 0) is 11.2 Å². The molecule has 4 heteroatoms. The largest absolute Gasteiger partial charge is 0.380 e. The Labute approximate surface area is 120 Å². The maximum atomic E-state index is 13.4. The normalized spacial score (nSPS) is 12.6. The third kappa shape index (κ3) is 6.37. The molecule has 19 heavy (non-hydrogen) atoms. The standard InChI is InChI=1S/C15H23ClFNO/c1-3-7-18-13(11-19-8-4-2)9-12-5-6-14(16)15(17)10-12/h5-6,10,13,18H,3-4,7-9,11H2,1-2H3.